The number of ether oxygens (including phenoxy) is 1. The number of carbonyl (C=O) groups excluding carboxylic acids is 1. The highest BCUT2D eigenvalue weighted by Gasteiger charge is 2.18. The molecule has 1 atom stereocenters. The van der Waals surface area contributed by atoms with Crippen molar-refractivity contribution in [3.63, 3.8) is 0 Å². The van der Waals surface area contributed by atoms with Gasteiger partial charge in [-0.2, -0.15) is 11.3 Å². The van der Waals surface area contributed by atoms with Crippen LogP contribution in [-0.4, -0.2) is 31.6 Å². The molecule has 0 saturated carbocycles. The average molecular weight is 211 g/mol. The maximum Gasteiger partial charge on any atom is 0.166 e. The van der Waals surface area contributed by atoms with Crippen LogP contribution in [0.3, 0.4) is 0 Å². The zero-order valence-corrected chi connectivity index (χ0v) is 8.68. The highest BCUT2D eigenvalue weighted by atomic mass is 32.1. The molecule has 0 bridgehead atoms. The lowest BCUT2D eigenvalue weighted by molar-refractivity contribution is 0.0240. The summed E-state index contributed by atoms with van der Waals surface area (Å²) in [7, 11) is 0. The van der Waals surface area contributed by atoms with E-state index in [0.717, 1.165) is 18.7 Å². The monoisotopic (exact) mass is 211 g/mol. The molecule has 1 aromatic heterocycles. The van der Waals surface area contributed by atoms with E-state index in [1.54, 1.807) is 11.3 Å². The van der Waals surface area contributed by atoms with E-state index in [4.69, 9.17) is 4.74 Å². The lowest BCUT2D eigenvalue weighted by atomic mass is 10.1. The number of nitrogens with one attached hydrogen (secondary N) is 1. The van der Waals surface area contributed by atoms with Gasteiger partial charge in [-0.05, 0) is 11.4 Å². The van der Waals surface area contributed by atoms with Crippen molar-refractivity contribution in [1.82, 2.24) is 5.32 Å². The molecule has 2 heterocycles. The Morgan fingerprint density at radius 1 is 1.71 bits per heavy atom. The molecule has 1 unspecified atom stereocenters. The minimum atomic E-state index is 0.0520. The summed E-state index contributed by atoms with van der Waals surface area (Å²) in [5.74, 6) is 0.181. The smallest absolute Gasteiger partial charge is 0.166 e. The van der Waals surface area contributed by atoms with E-state index in [1.165, 1.54) is 0 Å². The Balaban J connectivity index is 1.87. The van der Waals surface area contributed by atoms with E-state index in [9.17, 15) is 4.79 Å². The predicted molar refractivity (Wildman–Crippen MR) is 55.9 cm³/mol. The normalized spacial score (nSPS) is 22.1. The highest BCUT2D eigenvalue weighted by molar-refractivity contribution is 7.08. The average Bonchev–Trinajstić information content (AvgIpc) is 2.72. The zero-order valence-electron chi connectivity index (χ0n) is 7.86. The van der Waals surface area contributed by atoms with Crippen LogP contribution in [0.25, 0.3) is 0 Å². The number of hydrogen-bond acceptors (Lipinski definition) is 4. The van der Waals surface area contributed by atoms with Crippen molar-refractivity contribution in [2.24, 2.45) is 0 Å². The van der Waals surface area contributed by atoms with Gasteiger partial charge in [0.05, 0.1) is 12.7 Å². The van der Waals surface area contributed by atoms with Crippen LogP contribution < -0.4 is 5.32 Å². The van der Waals surface area contributed by atoms with Gasteiger partial charge >= 0.3 is 0 Å². The van der Waals surface area contributed by atoms with E-state index in [1.807, 2.05) is 16.8 Å². The molecule has 1 saturated heterocycles. The standard InChI is InChI=1S/C10H13NO2S/c12-10(8-1-4-14-7-8)5-9-6-11-2-3-13-9/h1,4,7,9,11H,2-3,5-6H2. The van der Waals surface area contributed by atoms with Gasteiger partial charge in [0.2, 0.25) is 0 Å². The summed E-state index contributed by atoms with van der Waals surface area (Å²) >= 11 is 1.55. The minimum absolute atomic E-state index is 0.0520. The minimum Gasteiger partial charge on any atom is -0.375 e. The number of rotatable bonds is 3. The molecule has 76 valence electrons. The molecule has 0 aromatic carbocycles. The molecule has 14 heavy (non-hydrogen) atoms. The quantitative estimate of drug-likeness (QED) is 0.766. The third-order valence-electron chi connectivity index (χ3n) is 2.26. The fourth-order valence-electron chi connectivity index (χ4n) is 1.50. The van der Waals surface area contributed by atoms with Crippen molar-refractivity contribution in [1.29, 1.82) is 0 Å². The molecule has 4 heteroatoms. The van der Waals surface area contributed by atoms with Crippen molar-refractivity contribution in [2.45, 2.75) is 12.5 Å². The van der Waals surface area contributed by atoms with Crippen LogP contribution in [0.15, 0.2) is 16.8 Å². The fourth-order valence-corrected chi connectivity index (χ4v) is 2.16. The van der Waals surface area contributed by atoms with Crippen LogP contribution >= 0.6 is 11.3 Å². The number of ketones is 1. The summed E-state index contributed by atoms with van der Waals surface area (Å²) in [5, 5.41) is 7.02. The van der Waals surface area contributed by atoms with Crippen LogP contribution in [0, 0.1) is 0 Å². The Labute approximate surface area is 87.1 Å². The Bertz CT molecular complexity index is 291. The first-order valence-corrected chi connectivity index (χ1v) is 5.68. The summed E-state index contributed by atoms with van der Waals surface area (Å²) < 4.78 is 5.47. The van der Waals surface area contributed by atoms with Gasteiger partial charge in [-0.25, -0.2) is 0 Å². The molecular formula is C10H13NO2S. The lowest BCUT2D eigenvalue weighted by Crippen LogP contribution is -2.39. The molecule has 1 N–H and O–H groups in total. The predicted octanol–water partition coefficient (Wildman–Crippen LogP) is 1.31. The van der Waals surface area contributed by atoms with Crippen molar-refractivity contribution in [2.75, 3.05) is 19.7 Å². The largest absolute Gasteiger partial charge is 0.375 e. The number of morpholine rings is 1. The van der Waals surface area contributed by atoms with Crippen LogP contribution in [0.2, 0.25) is 0 Å². The molecule has 1 fully saturated rings. The van der Waals surface area contributed by atoms with Crippen LogP contribution in [0.4, 0.5) is 0 Å². The first-order valence-electron chi connectivity index (χ1n) is 4.74. The summed E-state index contributed by atoms with van der Waals surface area (Å²) in [4.78, 5) is 11.7. The number of carbonyl (C=O) groups is 1. The van der Waals surface area contributed by atoms with Gasteiger partial charge in [-0.3, -0.25) is 4.79 Å². The van der Waals surface area contributed by atoms with E-state index in [-0.39, 0.29) is 11.9 Å². The lowest BCUT2D eigenvalue weighted by Gasteiger charge is -2.22. The molecule has 0 radical (unpaired) electrons. The van der Waals surface area contributed by atoms with Crippen molar-refractivity contribution in [3.8, 4) is 0 Å². The van der Waals surface area contributed by atoms with E-state index in [2.05, 4.69) is 5.32 Å². The zero-order chi connectivity index (χ0) is 9.80. The third-order valence-corrected chi connectivity index (χ3v) is 2.94. The van der Waals surface area contributed by atoms with Gasteiger partial charge in [-0.1, -0.05) is 0 Å². The first-order chi connectivity index (χ1) is 6.86. The van der Waals surface area contributed by atoms with E-state index >= 15 is 0 Å². The molecule has 0 amide bonds. The summed E-state index contributed by atoms with van der Waals surface area (Å²) in [6.45, 7) is 2.39. The Kier molecular flexibility index (Phi) is 3.29. The van der Waals surface area contributed by atoms with Gasteiger partial charge in [0.15, 0.2) is 5.78 Å². The maximum atomic E-state index is 11.7. The Hall–Kier alpha value is -0.710. The molecule has 0 spiro atoms. The topological polar surface area (TPSA) is 38.3 Å². The van der Waals surface area contributed by atoms with E-state index in [0.29, 0.717) is 13.0 Å². The van der Waals surface area contributed by atoms with Crippen molar-refractivity contribution < 1.29 is 9.53 Å². The maximum absolute atomic E-state index is 11.7. The molecule has 2 rings (SSSR count). The van der Waals surface area contributed by atoms with Gasteiger partial charge in [0.1, 0.15) is 0 Å². The van der Waals surface area contributed by atoms with Crippen LogP contribution in [0.5, 0.6) is 0 Å². The number of hydrogen-bond donors (Lipinski definition) is 1. The van der Waals surface area contributed by atoms with Crippen LogP contribution in [-0.2, 0) is 4.74 Å². The molecule has 1 aromatic rings. The summed E-state index contributed by atoms with van der Waals surface area (Å²) in [5.41, 5.74) is 0.809. The first kappa shape index (κ1) is 9.83. The Morgan fingerprint density at radius 3 is 3.29 bits per heavy atom. The highest BCUT2D eigenvalue weighted by Crippen LogP contribution is 2.12. The van der Waals surface area contributed by atoms with Gasteiger partial charge < -0.3 is 10.1 Å². The second-order valence-corrected chi connectivity index (χ2v) is 4.12. The second kappa shape index (κ2) is 4.68. The number of Topliss-reactive ketones (excluding diaryl/α,β-unsaturated/α-hetero) is 1. The number of thiophene rings is 1. The van der Waals surface area contributed by atoms with Crippen LogP contribution in [0.1, 0.15) is 16.8 Å². The molecule has 1 aliphatic rings. The molecule has 3 nitrogen and oxygen atoms in total. The van der Waals surface area contributed by atoms with E-state index < -0.39 is 0 Å². The fraction of sp³-hybridized carbons (Fsp3) is 0.500. The molecular weight excluding hydrogens is 198 g/mol. The second-order valence-electron chi connectivity index (χ2n) is 3.34. The Morgan fingerprint density at radius 2 is 2.64 bits per heavy atom. The molecule has 1 aliphatic heterocycles. The summed E-state index contributed by atoms with van der Waals surface area (Å²) in [6, 6.07) is 1.86. The molecule has 0 aliphatic carbocycles. The van der Waals surface area contributed by atoms with Gasteiger partial charge in [0, 0.05) is 30.5 Å². The van der Waals surface area contributed by atoms with Gasteiger partial charge in [0.25, 0.3) is 0 Å². The van der Waals surface area contributed by atoms with Gasteiger partial charge in [-0.15, -0.1) is 0 Å². The van der Waals surface area contributed by atoms with Crippen molar-refractivity contribution in [3.05, 3.63) is 22.4 Å². The summed E-state index contributed by atoms with van der Waals surface area (Å²) in [6.07, 6.45) is 0.542. The SMILES string of the molecule is O=C(CC1CNCCO1)c1ccsc1. The van der Waals surface area contributed by atoms with Crippen molar-refractivity contribution >= 4 is 17.1 Å². The third kappa shape index (κ3) is 2.41.